The Morgan fingerprint density at radius 1 is 1.11 bits per heavy atom. The summed E-state index contributed by atoms with van der Waals surface area (Å²) in [5.74, 6) is 6.92. The Hall–Kier alpha value is -1.27. The van der Waals surface area contributed by atoms with Crippen LogP contribution >= 0.6 is 27.5 Å². The van der Waals surface area contributed by atoms with E-state index in [0.29, 0.717) is 21.2 Å². The summed E-state index contributed by atoms with van der Waals surface area (Å²) >= 11 is 9.22. The molecule has 0 saturated carbocycles. The second-order valence-corrected chi connectivity index (χ2v) is 5.29. The van der Waals surface area contributed by atoms with Crippen molar-refractivity contribution in [2.24, 2.45) is 5.84 Å². The number of nitrogens with two attached hydrogens (primary N) is 1. The van der Waals surface area contributed by atoms with E-state index in [1.807, 2.05) is 24.3 Å². The zero-order valence-electron chi connectivity index (χ0n) is 9.69. The van der Waals surface area contributed by atoms with Crippen molar-refractivity contribution in [1.82, 2.24) is 5.43 Å². The summed E-state index contributed by atoms with van der Waals surface area (Å²) in [6.07, 6.45) is 0. The molecular formula is C13H10BrClN2O2. The van der Waals surface area contributed by atoms with Crippen molar-refractivity contribution in [3.63, 3.8) is 0 Å². The van der Waals surface area contributed by atoms with Crippen molar-refractivity contribution in [1.29, 1.82) is 0 Å². The molecule has 98 valence electrons. The van der Waals surface area contributed by atoms with Gasteiger partial charge in [0.25, 0.3) is 0 Å². The first-order valence-corrected chi connectivity index (χ1v) is 6.75. The van der Waals surface area contributed by atoms with Crippen LogP contribution in [0.15, 0.2) is 49.9 Å². The lowest BCUT2D eigenvalue weighted by atomic mass is 10.1. The molecule has 3 N–H and O–H groups in total. The highest BCUT2D eigenvalue weighted by atomic mass is 79.9. The molecule has 0 fully saturated rings. The number of benzene rings is 1. The van der Waals surface area contributed by atoms with Gasteiger partial charge >= 0.3 is 0 Å². The average Bonchev–Trinajstić information content (AvgIpc) is 2.96. The van der Waals surface area contributed by atoms with Crippen molar-refractivity contribution in [2.75, 3.05) is 0 Å². The number of halogens is 2. The van der Waals surface area contributed by atoms with Crippen LogP contribution in [0.3, 0.4) is 0 Å². The zero-order chi connectivity index (χ0) is 13.4. The number of furan rings is 2. The fourth-order valence-electron chi connectivity index (χ4n) is 1.96. The number of hydrazine groups is 1. The normalized spacial score (nSPS) is 13.0. The molecule has 0 amide bonds. The van der Waals surface area contributed by atoms with Gasteiger partial charge in [-0.25, -0.2) is 5.43 Å². The fourth-order valence-corrected chi connectivity index (χ4v) is 2.46. The van der Waals surface area contributed by atoms with Crippen LogP contribution in [0.2, 0.25) is 5.02 Å². The monoisotopic (exact) mass is 340 g/mol. The van der Waals surface area contributed by atoms with Crippen LogP contribution < -0.4 is 11.3 Å². The van der Waals surface area contributed by atoms with Crippen LogP contribution in [0.1, 0.15) is 17.6 Å². The Bertz CT molecular complexity index is 722. The van der Waals surface area contributed by atoms with E-state index in [2.05, 4.69) is 21.4 Å². The molecule has 0 spiro atoms. The molecule has 2 heterocycles. The third-order valence-corrected chi connectivity index (χ3v) is 3.49. The predicted molar refractivity (Wildman–Crippen MR) is 76.8 cm³/mol. The molecule has 3 aromatic rings. The van der Waals surface area contributed by atoms with Crippen LogP contribution in [-0.2, 0) is 0 Å². The van der Waals surface area contributed by atoms with Gasteiger partial charge in [-0.15, -0.1) is 0 Å². The lowest BCUT2D eigenvalue weighted by molar-refractivity contribution is 0.395. The first-order chi connectivity index (χ1) is 9.17. The van der Waals surface area contributed by atoms with Crippen molar-refractivity contribution in [3.05, 3.63) is 57.6 Å². The molecule has 0 saturated heterocycles. The van der Waals surface area contributed by atoms with Crippen molar-refractivity contribution >= 4 is 38.5 Å². The van der Waals surface area contributed by atoms with Gasteiger partial charge in [-0.1, -0.05) is 11.6 Å². The summed E-state index contributed by atoms with van der Waals surface area (Å²) in [5, 5.41) is 1.59. The summed E-state index contributed by atoms with van der Waals surface area (Å²) in [7, 11) is 0. The van der Waals surface area contributed by atoms with E-state index >= 15 is 0 Å². The lowest BCUT2D eigenvalue weighted by Gasteiger charge is -2.09. The molecule has 0 bridgehead atoms. The summed E-state index contributed by atoms with van der Waals surface area (Å²) in [6, 6.07) is 10.6. The van der Waals surface area contributed by atoms with E-state index in [-0.39, 0.29) is 6.04 Å². The van der Waals surface area contributed by atoms with E-state index in [0.717, 1.165) is 11.0 Å². The third kappa shape index (κ3) is 2.42. The van der Waals surface area contributed by atoms with Gasteiger partial charge in [-0.05, 0) is 52.3 Å². The maximum atomic E-state index is 5.96. The highest BCUT2D eigenvalue weighted by Gasteiger charge is 2.20. The van der Waals surface area contributed by atoms with Crippen LogP contribution in [0, 0.1) is 0 Å². The first-order valence-electron chi connectivity index (χ1n) is 5.58. The summed E-state index contributed by atoms with van der Waals surface area (Å²) in [6.45, 7) is 0. The van der Waals surface area contributed by atoms with Gasteiger partial charge in [0.15, 0.2) is 4.67 Å². The van der Waals surface area contributed by atoms with Gasteiger partial charge < -0.3 is 8.83 Å². The second-order valence-electron chi connectivity index (χ2n) is 4.07. The summed E-state index contributed by atoms with van der Waals surface area (Å²) in [4.78, 5) is 0. The third-order valence-electron chi connectivity index (χ3n) is 2.83. The molecule has 0 aliphatic carbocycles. The van der Waals surface area contributed by atoms with Gasteiger partial charge in [0.2, 0.25) is 0 Å². The number of fused-ring (bicyclic) bond motifs is 1. The van der Waals surface area contributed by atoms with Crippen molar-refractivity contribution < 1.29 is 8.83 Å². The molecule has 4 nitrogen and oxygen atoms in total. The van der Waals surface area contributed by atoms with Gasteiger partial charge in [0, 0.05) is 10.4 Å². The molecule has 1 unspecified atom stereocenters. The quantitative estimate of drug-likeness (QED) is 0.558. The molecule has 0 aliphatic heterocycles. The topological polar surface area (TPSA) is 64.3 Å². The maximum Gasteiger partial charge on any atom is 0.169 e. The Kier molecular flexibility index (Phi) is 3.36. The van der Waals surface area contributed by atoms with E-state index in [9.17, 15) is 0 Å². The SMILES string of the molecule is NNC(c1ccc(Br)o1)c1cc2cc(Cl)ccc2o1. The van der Waals surface area contributed by atoms with Crippen LogP contribution in [0.25, 0.3) is 11.0 Å². The predicted octanol–water partition coefficient (Wildman–Crippen LogP) is 3.99. The minimum Gasteiger partial charge on any atom is -0.459 e. The van der Waals surface area contributed by atoms with E-state index in [1.54, 1.807) is 12.1 Å². The number of hydrogen-bond donors (Lipinski definition) is 2. The first kappa shape index (κ1) is 12.7. The molecule has 0 aliphatic rings. The highest BCUT2D eigenvalue weighted by Crippen LogP contribution is 2.31. The molecular weight excluding hydrogens is 332 g/mol. The standard InChI is InChI=1S/C13H10BrClN2O2/c14-12-4-3-10(19-12)13(17-16)11-6-7-5-8(15)1-2-9(7)18-11/h1-6,13,17H,16H2. The lowest BCUT2D eigenvalue weighted by Crippen LogP contribution is -2.28. The van der Waals surface area contributed by atoms with Crippen LogP contribution in [0.4, 0.5) is 0 Å². The largest absolute Gasteiger partial charge is 0.459 e. The molecule has 19 heavy (non-hydrogen) atoms. The number of hydrogen-bond acceptors (Lipinski definition) is 4. The van der Waals surface area contributed by atoms with Crippen LogP contribution in [-0.4, -0.2) is 0 Å². The zero-order valence-corrected chi connectivity index (χ0v) is 12.0. The summed E-state index contributed by atoms with van der Waals surface area (Å²) in [5.41, 5.74) is 3.44. The maximum absolute atomic E-state index is 5.96. The second kappa shape index (κ2) is 5.02. The molecule has 1 atom stereocenters. The van der Waals surface area contributed by atoms with Crippen LogP contribution in [0.5, 0.6) is 0 Å². The van der Waals surface area contributed by atoms with E-state index in [1.165, 1.54) is 0 Å². The molecule has 3 rings (SSSR count). The van der Waals surface area contributed by atoms with E-state index < -0.39 is 0 Å². The molecule has 0 radical (unpaired) electrons. The fraction of sp³-hybridized carbons (Fsp3) is 0.0769. The number of nitrogens with one attached hydrogen (secondary N) is 1. The smallest absolute Gasteiger partial charge is 0.169 e. The minimum atomic E-state index is -0.350. The molecule has 6 heteroatoms. The Morgan fingerprint density at radius 2 is 1.95 bits per heavy atom. The highest BCUT2D eigenvalue weighted by molar-refractivity contribution is 9.10. The Balaban J connectivity index is 2.06. The van der Waals surface area contributed by atoms with Gasteiger partial charge in [-0.3, -0.25) is 5.84 Å². The van der Waals surface area contributed by atoms with E-state index in [4.69, 9.17) is 26.3 Å². The van der Waals surface area contributed by atoms with Gasteiger partial charge in [-0.2, -0.15) is 0 Å². The van der Waals surface area contributed by atoms with Gasteiger partial charge in [0.1, 0.15) is 23.1 Å². The summed E-state index contributed by atoms with van der Waals surface area (Å²) < 4.78 is 11.9. The van der Waals surface area contributed by atoms with Crippen molar-refractivity contribution in [3.8, 4) is 0 Å². The molecule has 2 aromatic heterocycles. The number of rotatable bonds is 3. The van der Waals surface area contributed by atoms with Crippen molar-refractivity contribution in [2.45, 2.75) is 6.04 Å². The Morgan fingerprint density at radius 3 is 2.63 bits per heavy atom. The Labute approximate surface area is 122 Å². The van der Waals surface area contributed by atoms with Gasteiger partial charge in [0.05, 0.1) is 0 Å². The molecule has 1 aromatic carbocycles. The minimum absolute atomic E-state index is 0.350. The average molecular weight is 342 g/mol.